The van der Waals surface area contributed by atoms with Crippen LogP contribution in [-0.4, -0.2) is 17.4 Å². The van der Waals surface area contributed by atoms with Crippen molar-refractivity contribution in [2.45, 2.75) is 0 Å². The van der Waals surface area contributed by atoms with Crippen molar-refractivity contribution in [3.05, 3.63) is 0 Å². The summed E-state index contributed by atoms with van der Waals surface area (Å²) in [4.78, 5) is 0. The van der Waals surface area contributed by atoms with Crippen LogP contribution in [0.15, 0.2) is 0 Å². The number of hydrogen-bond donors (Lipinski definition) is 0. The van der Waals surface area contributed by atoms with Crippen LogP contribution in [0, 0.1) is 87.5 Å². The van der Waals surface area contributed by atoms with Crippen molar-refractivity contribution in [2.75, 3.05) is 0 Å². The largest absolute Gasteiger partial charge is 0 e. The normalized spacial score (nSPS) is 0. The van der Waals surface area contributed by atoms with Gasteiger partial charge in [0.25, 0.3) is 0 Å². The van der Waals surface area contributed by atoms with Gasteiger partial charge >= 0.3 is 0 Å². The summed E-state index contributed by atoms with van der Waals surface area (Å²) in [7, 11) is 0. The number of rotatable bonds is 0. The van der Waals surface area contributed by atoms with Crippen LogP contribution >= 0.6 is 0 Å². The predicted molar refractivity (Wildman–Crippen MR) is 5.75 cm³/mol. The third-order valence-electron chi connectivity index (χ3n) is 0. The van der Waals surface area contributed by atoms with E-state index in [1.54, 1.807) is 0 Å². The molecular formula is AlPu3. The molecule has 0 N–H and O–H groups in total. The van der Waals surface area contributed by atoms with Gasteiger partial charge in [0, 0.05) is 105 Å². The van der Waals surface area contributed by atoms with E-state index in [9.17, 15) is 0 Å². The molecule has 0 aromatic heterocycles. The molecule has 4 heteroatoms. The van der Waals surface area contributed by atoms with Crippen molar-refractivity contribution in [3.63, 3.8) is 0 Å². The van der Waals surface area contributed by atoms with Gasteiger partial charge in [-0.15, -0.1) is 0 Å². The Morgan fingerprint density at radius 1 is 0.500 bits per heavy atom. The van der Waals surface area contributed by atoms with Gasteiger partial charge in [0.05, 0.1) is 0 Å². The summed E-state index contributed by atoms with van der Waals surface area (Å²) in [6.07, 6.45) is 0. The van der Waals surface area contributed by atoms with E-state index in [2.05, 4.69) is 0 Å². The van der Waals surface area contributed by atoms with Gasteiger partial charge in [0.15, 0.2) is 0 Å². The van der Waals surface area contributed by atoms with Gasteiger partial charge in [0.1, 0.15) is 0 Å². The Bertz CT molecular complexity index is 3.25. The molecule has 0 aliphatic heterocycles. The van der Waals surface area contributed by atoms with Gasteiger partial charge in [-0.25, -0.2) is 0 Å². The molecule has 21 valence electrons. The van der Waals surface area contributed by atoms with Crippen LogP contribution in [0.2, 0.25) is 0 Å². The molecule has 0 unspecified atom stereocenters. The molecule has 0 saturated carbocycles. The molecule has 0 spiro atoms. The maximum Gasteiger partial charge on any atom is 0 e. The Balaban J connectivity index is 0. The average Bonchev–Trinajstić information content (AvgIpc) is 0. The monoisotopic (exact) mass is 741 g/mol. The third-order valence-corrected chi connectivity index (χ3v) is 0. The van der Waals surface area contributed by atoms with E-state index >= 15 is 0 Å². The zero-order chi connectivity index (χ0) is 0. The van der Waals surface area contributed by atoms with E-state index < -0.39 is 0 Å². The Labute approximate surface area is 102 Å². The first-order valence-corrected chi connectivity index (χ1v) is 0. The molecule has 0 atom stereocenters. The fraction of sp³-hybridized carbons (Fsp3) is 0. The fourth-order valence-corrected chi connectivity index (χ4v) is 0. The van der Waals surface area contributed by atoms with Crippen LogP contribution in [0.4, 0.5) is 0 Å². The van der Waals surface area contributed by atoms with E-state index in [0.29, 0.717) is 0 Å². The van der Waals surface area contributed by atoms with Crippen LogP contribution in [0.3, 0.4) is 0 Å². The van der Waals surface area contributed by atoms with E-state index in [4.69, 9.17) is 0 Å². The van der Waals surface area contributed by atoms with Crippen LogP contribution in [-0.2, 0) is 0 Å². The van der Waals surface area contributed by atoms with Crippen LogP contribution in [0.5, 0.6) is 0 Å². The van der Waals surface area contributed by atoms with E-state index in [-0.39, 0.29) is 105 Å². The van der Waals surface area contributed by atoms with E-state index in [1.807, 2.05) is 0 Å². The molecule has 0 fully saturated rings. The van der Waals surface area contributed by atoms with Crippen molar-refractivity contribution in [1.82, 2.24) is 0 Å². The molecule has 0 aromatic carbocycles. The second-order valence-corrected chi connectivity index (χ2v) is 0. The standard InChI is InChI=1S/Al.3Pu. The van der Waals surface area contributed by atoms with Gasteiger partial charge in [-0.1, -0.05) is 0 Å². The summed E-state index contributed by atoms with van der Waals surface area (Å²) in [6.45, 7) is 0. The molecule has 0 aliphatic carbocycles. The smallest absolute Gasteiger partial charge is 0 e. The first-order valence-electron chi connectivity index (χ1n) is 0. The second kappa shape index (κ2) is 16.1. The zero-order valence-corrected chi connectivity index (χ0v) is 13.2. The summed E-state index contributed by atoms with van der Waals surface area (Å²) in [6, 6.07) is 0. The van der Waals surface area contributed by atoms with Crippen molar-refractivity contribution >= 4 is 17.4 Å². The van der Waals surface area contributed by atoms with Gasteiger partial charge < -0.3 is 0 Å². The summed E-state index contributed by atoms with van der Waals surface area (Å²) in [5.41, 5.74) is 0. The van der Waals surface area contributed by atoms with Gasteiger partial charge in [-0.3, -0.25) is 0 Å². The first-order chi connectivity index (χ1) is 0. The summed E-state index contributed by atoms with van der Waals surface area (Å²) >= 11 is 0. The Morgan fingerprint density at radius 2 is 0.500 bits per heavy atom. The number of hydrogen-bond acceptors (Lipinski definition) is 0. The van der Waals surface area contributed by atoms with Crippen LogP contribution < -0.4 is 0 Å². The van der Waals surface area contributed by atoms with Crippen molar-refractivity contribution in [1.29, 1.82) is 0 Å². The molecular weight excluding hydrogens is 759 g/mol. The fourth-order valence-electron chi connectivity index (χ4n) is 0. The summed E-state index contributed by atoms with van der Waals surface area (Å²) in [5.74, 6) is 0. The first kappa shape index (κ1) is 25.9. The van der Waals surface area contributed by atoms with Crippen molar-refractivity contribution in [3.8, 4) is 0 Å². The minimum Gasteiger partial charge on any atom is 0 e. The molecule has 0 aliphatic rings. The molecule has 0 rings (SSSR count). The van der Waals surface area contributed by atoms with Gasteiger partial charge in [-0.05, 0) is 0 Å². The SMILES string of the molecule is [Al].[Pu].[Pu].[Pu]. The maximum absolute atomic E-state index is 0. The molecule has 3 radical (unpaired) electrons. The van der Waals surface area contributed by atoms with Crippen LogP contribution in [0.25, 0.3) is 0 Å². The van der Waals surface area contributed by atoms with Crippen molar-refractivity contribution < 1.29 is 87.5 Å². The minimum absolute atomic E-state index is 0. The molecule has 0 amide bonds. The van der Waals surface area contributed by atoms with Crippen molar-refractivity contribution in [2.24, 2.45) is 0 Å². The topological polar surface area (TPSA) is 0 Å². The van der Waals surface area contributed by atoms with E-state index in [0.717, 1.165) is 0 Å². The molecule has 0 bridgehead atoms. The van der Waals surface area contributed by atoms with Crippen LogP contribution in [0.1, 0.15) is 0 Å². The van der Waals surface area contributed by atoms with Gasteiger partial charge in [0.2, 0.25) is 0 Å². The molecule has 0 saturated heterocycles. The second-order valence-electron chi connectivity index (χ2n) is 0. The Hall–Kier alpha value is 3.49. The molecule has 0 aromatic rings. The molecule has 0 heterocycles. The summed E-state index contributed by atoms with van der Waals surface area (Å²) in [5, 5.41) is 0. The Kier molecular flexibility index (Phi) is 104. The van der Waals surface area contributed by atoms with E-state index in [1.165, 1.54) is 0 Å². The molecule has 0 nitrogen and oxygen atoms in total. The predicted octanol–water partition coefficient (Wildman–Crippen LogP) is -0.381. The quantitative estimate of drug-likeness (QED) is 0.296. The summed E-state index contributed by atoms with van der Waals surface area (Å²) < 4.78 is 0. The average molecular weight is 759 g/mol. The maximum atomic E-state index is 0. The Morgan fingerprint density at radius 3 is 0.500 bits per heavy atom. The molecule has 4 heavy (non-hydrogen) atoms. The third kappa shape index (κ3) is 9.09. The van der Waals surface area contributed by atoms with Gasteiger partial charge in [-0.2, -0.15) is 0 Å². The zero-order valence-electron chi connectivity index (χ0n) is 1.80. The minimum atomic E-state index is 0.